The molecule has 114 valence electrons. The van der Waals surface area contributed by atoms with E-state index >= 15 is 0 Å². The van der Waals surface area contributed by atoms with Gasteiger partial charge in [0.15, 0.2) is 5.70 Å². The van der Waals surface area contributed by atoms with Gasteiger partial charge in [0.25, 0.3) is 0 Å². The highest BCUT2D eigenvalue weighted by atomic mass is 79.9. The normalized spacial score (nSPS) is 15.5. The number of ether oxygens (including phenoxy) is 1. The Hall–Kier alpha value is -2.65. The highest BCUT2D eigenvalue weighted by Gasteiger charge is 2.24. The van der Waals surface area contributed by atoms with E-state index in [4.69, 9.17) is 10.00 Å². The quantitative estimate of drug-likeness (QED) is 0.602. The van der Waals surface area contributed by atoms with Crippen molar-refractivity contribution in [3.63, 3.8) is 0 Å². The van der Waals surface area contributed by atoms with Gasteiger partial charge in [-0.2, -0.15) is 5.26 Å². The van der Waals surface area contributed by atoms with E-state index in [2.05, 4.69) is 27.0 Å². The molecule has 1 aromatic carbocycles. The molecule has 0 N–H and O–H groups in total. The minimum Gasteiger partial charge on any atom is -0.402 e. The number of rotatable bonds is 2. The van der Waals surface area contributed by atoms with Gasteiger partial charge in [-0.05, 0) is 42.8 Å². The van der Waals surface area contributed by atoms with Crippen molar-refractivity contribution in [3.05, 3.63) is 63.0 Å². The van der Waals surface area contributed by atoms with Crippen molar-refractivity contribution in [1.29, 1.82) is 5.26 Å². The van der Waals surface area contributed by atoms with Crippen LogP contribution in [0.25, 0.3) is 6.08 Å². The van der Waals surface area contributed by atoms with Gasteiger partial charge >= 0.3 is 5.97 Å². The largest absolute Gasteiger partial charge is 0.402 e. The van der Waals surface area contributed by atoms with E-state index in [1.165, 1.54) is 0 Å². The van der Waals surface area contributed by atoms with Crippen LogP contribution in [0.1, 0.15) is 22.5 Å². The molecule has 0 aliphatic carbocycles. The van der Waals surface area contributed by atoms with Crippen molar-refractivity contribution in [2.75, 3.05) is 0 Å². The Morgan fingerprint density at radius 2 is 2.17 bits per heavy atom. The van der Waals surface area contributed by atoms with Crippen LogP contribution in [0.3, 0.4) is 0 Å². The Morgan fingerprint density at radius 1 is 1.39 bits per heavy atom. The summed E-state index contributed by atoms with van der Waals surface area (Å²) in [7, 11) is 1.80. The summed E-state index contributed by atoms with van der Waals surface area (Å²) in [6.07, 6.45) is 1.64. The molecule has 0 amide bonds. The first-order chi connectivity index (χ1) is 11.0. The van der Waals surface area contributed by atoms with Crippen LogP contribution < -0.4 is 0 Å². The second-order valence-corrected chi connectivity index (χ2v) is 6.00. The standard InChI is InChI=1S/C17H12BrN3O2/c1-10-12(7-14(9-19)21(10)2)8-15-17(22)23-16(20-15)11-4-3-5-13(18)6-11/h3-8H,1-2H3/b15-8+. The molecule has 0 atom stereocenters. The van der Waals surface area contributed by atoms with E-state index in [9.17, 15) is 4.79 Å². The van der Waals surface area contributed by atoms with Crippen LogP contribution in [0.2, 0.25) is 0 Å². The van der Waals surface area contributed by atoms with E-state index < -0.39 is 5.97 Å². The molecule has 2 heterocycles. The van der Waals surface area contributed by atoms with Crippen LogP contribution in [0.4, 0.5) is 0 Å². The van der Waals surface area contributed by atoms with Gasteiger partial charge in [0.05, 0.1) is 0 Å². The lowest BCUT2D eigenvalue weighted by molar-refractivity contribution is -0.129. The summed E-state index contributed by atoms with van der Waals surface area (Å²) >= 11 is 3.38. The molecule has 1 aliphatic rings. The van der Waals surface area contributed by atoms with Crippen LogP contribution in [0.5, 0.6) is 0 Å². The number of aliphatic imine (C=N–C) groups is 1. The number of nitrogens with zero attached hydrogens (tertiary/aromatic N) is 3. The van der Waals surface area contributed by atoms with Gasteiger partial charge in [-0.25, -0.2) is 9.79 Å². The van der Waals surface area contributed by atoms with Crippen LogP contribution >= 0.6 is 15.9 Å². The maximum Gasteiger partial charge on any atom is 0.363 e. The maximum atomic E-state index is 12.0. The lowest BCUT2D eigenvalue weighted by Crippen LogP contribution is -2.05. The molecule has 3 rings (SSSR count). The van der Waals surface area contributed by atoms with Crippen molar-refractivity contribution < 1.29 is 9.53 Å². The Balaban J connectivity index is 2.00. The number of carbonyl (C=O) groups excluding carboxylic acids is 1. The van der Waals surface area contributed by atoms with Gasteiger partial charge in [-0.15, -0.1) is 0 Å². The summed E-state index contributed by atoms with van der Waals surface area (Å²) in [4.78, 5) is 16.3. The predicted octanol–water partition coefficient (Wildman–Crippen LogP) is 3.31. The Labute approximate surface area is 141 Å². The topological polar surface area (TPSA) is 67.4 Å². The molecule has 23 heavy (non-hydrogen) atoms. The molecule has 1 aliphatic heterocycles. The smallest absolute Gasteiger partial charge is 0.363 e. The zero-order valence-corrected chi connectivity index (χ0v) is 14.1. The Bertz CT molecular complexity index is 916. The molecule has 6 heteroatoms. The number of benzene rings is 1. The van der Waals surface area contributed by atoms with Gasteiger partial charge in [0.1, 0.15) is 11.8 Å². The van der Waals surface area contributed by atoms with E-state index in [0.717, 1.165) is 21.3 Å². The molecular weight excluding hydrogens is 358 g/mol. The maximum absolute atomic E-state index is 12.0. The molecule has 5 nitrogen and oxygen atoms in total. The molecule has 0 saturated carbocycles. The molecule has 0 unspecified atom stereocenters. The van der Waals surface area contributed by atoms with Gasteiger partial charge < -0.3 is 9.30 Å². The molecule has 0 radical (unpaired) electrons. The number of aromatic nitrogens is 1. The molecular formula is C17H12BrN3O2. The number of hydrogen-bond donors (Lipinski definition) is 0. The number of halogens is 1. The number of esters is 1. The first kappa shape index (κ1) is 15.3. The summed E-state index contributed by atoms with van der Waals surface area (Å²) in [5, 5.41) is 9.07. The van der Waals surface area contributed by atoms with Crippen molar-refractivity contribution in [2.24, 2.45) is 12.0 Å². The molecule has 2 aromatic rings. The third kappa shape index (κ3) is 2.83. The predicted molar refractivity (Wildman–Crippen MR) is 89.6 cm³/mol. The van der Waals surface area contributed by atoms with Gasteiger partial charge in [-0.1, -0.05) is 22.0 Å². The second-order valence-electron chi connectivity index (χ2n) is 5.09. The fourth-order valence-corrected chi connectivity index (χ4v) is 2.68. The molecule has 0 spiro atoms. The van der Waals surface area contributed by atoms with Gasteiger partial charge in [0, 0.05) is 22.8 Å². The van der Waals surface area contributed by atoms with E-state index in [1.54, 1.807) is 23.8 Å². The zero-order valence-electron chi connectivity index (χ0n) is 12.5. The van der Waals surface area contributed by atoms with Gasteiger partial charge in [-0.3, -0.25) is 0 Å². The number of carbonyl (C=O) groups is 1. The Morgan fingerprint density at radius 3 is 2.83 bits per heavy atom. The van der Waals surface area contributed by atoms with E-state index in [0.29, 0.717) is 5.69 Å². The second kappa shape index (κ2) is 5.86. The van der Waals surface area contributed by atoms with E-state index in [-0.39, 0.29) is 11.6 Å². The van der Waals surface area contributed by atoms with Crippen molar-refractivity contribution >= 4 is 33.9 Å². The number of nitriles is 1. The SMILES string of the molecule is Cc1c(/C=C2/N=C(c3cccc(Br)c3)OC2=O)cc(C#N)n1C. The lowest BCUT2D eigenvalue weighted by Gasteiger charge is -1.99. The minimum atomic E-state index is -0.498. The average Bonchev–Trinajstić information content (AvgIpc) is 3.03. The fraction of sp³-hybridized carbons (Fsp3) is 0.118. The number of hydrogen-bond acceptors (Lipinski definition) is 4. The number of cyclic esters (lactones) is 1. The highest BCUT2D eigenvalue weighted by molar-refractivity contribution is 9.10. The average molecular weight is 370 g/mol. The van der Waals surface area contributed by atoms with Crippen molar-refractivity contribution in [1.82, 2.24) is 4.57 Å². The molecule has 0 bridgehead atoms. The lowest BCUT2D eigenvalue weighted by atomic mass is 10.2. The molecule has 0 saturated heterocycles. The van der Waals surface area contributed by atoms with Crippen LogP contribution in [-0.2, 0) is 16.6 Å². The molecule has 0 fully saturated rings. The minimum absolute atomic E-state index is 0.221. The first-order valence-corrected chi connectivity index (χ1v) is 7.64. The Kier molecular flexibility index (Phi) is 3.89. The van der Waals surface area contributed by atoms with Crippen LogP contribution in [-0.4, -0.2) is 16.4 Å². The summed E-state index contributed by atoms with van der Waals surface area (Å²) in [6, 6.07) is 11.2. The molecule has 1 aromatic heterocycles. The zero-order chi connectivity index (χ0) is 16.6. The summed E-state index contributed by atoms with van der Waals surface area (Å²) in [5.41, 5.74) is 3.12. The van der Waals surface area contributed by atoms with Gasteiger partial charge in [0.2, 0.25) is 5.90 Å². The fourth-order valence-electron chi connectivity index (χ4n) is 2.28. The van der Waals surface area contributed by atoms with E-state index in [1.807, 2.05) is 31.2 Å². The van der Waals surface area contributed by atoms with Crippen molar-refractivity contribution in [3.8, 4) is 6.07 Å². The third-order valence-electron chi connectivity index (χ3n) is 3.67. The van der Waals surface area contributed by atoms with Crippen LogP contribution in [0, 0.1) is 18.3 Å². The summed E-state index contributed by atoms with van der Waals surface area (Å²) < 4.78 is 7.89. The summed E-state index contributed by atoms with van der Waals surface area (Å²) in [5.74, 6) is -0.224. The summed E-state index contributed by atoms with van der Waals surface area (Å²) in [6.45, 7) is 1.88. The first-order valence-electron chi connectivity index (χ1n) is 6.84. The van der Waals surface area contributed by atoms with Crippen LogP contribution in [0.15, 0.2) is 45.5 Å². The highest BCUT2D eigenvalue weighted by Crippen LogP contribution is 2.23. The third-order valence-corrected chi connectivity index (χ3v) is 4.17. The monoisotopic (exact) mass is 369 g/mol. The van der Waals surface area contributed by atoms with Crippen molar-refractivity contribution in [2.45, 2.75) is 6.92 Å².